The lowest BCUT2D eigenvalue weighted by atomic mass is 9.73. The van der Waals surface area contributed by atoms with Crippen LogP contribution in [-0.4, -0.2) is 12.3 Å². The maximum Gasteiger partial charge on any atom is 0.119 e. The molecular formula is C14H18FN. The first-order valence-corrected chi connectivity index (χ1v) is 5.71. The Labute approximate surface area is 96.5 Å². The van der Waals surface area contributed by atoms with Crippen molar-refractivity contribution < 1.29 is 4.39 Å². The average Bonchev–Trinajstić information content (AvgIpc) is 2.51. The lowest BCUT2D eigenvalue weighted by Crippen LogP contribution is -2.20. The third kappa shape index (κ3) is 1.77. The summed E-state index contributed by atoms with van der Waals surface area (Å²) < 4.78 is 13.4. The third-order valence-corrected chi connectivity index (χ3v) is 3.43. The molecule has 0 aromatic heterocycles. The van der Waals surface area contributed by atoms with Crippen LogP contribution >= 0.6 is 0 Å². The van der Waals surface area contributed by atoms with E-state index in [9.17, 15) is 4.39 Å². The zero-order valence-corrected chi connectivity index (χ0v) is 10.4. The number of aliphatic imine (C=N–C) groups is 1. The molecule has 0 unspecified atom stereocenters. The number of allylic oxidation sites excluding steroid dienone is 5. The Balaban J connectivity index is 2.51. The number of halogens is 1. The SMILES string of the molecule is CC1=NCC(C)=C1C1=CC(F)=CCC1(C)C. The highest BCUT2D eigenvalue weighted by atomic mass is 19.1. The largest absolute Gasteiger partial charge is 0.285 e. The van der Waals surface area contributed by atoms with Crippen LogP contribution in [0.5, 0.6) is 0 Å². The number of hydrogen-bond donors (Lipinski definition) is 0. The second-order valence-corrected chi connectivity index (χ2v) is 5.29. The summed E-state index contributed by atoms with van der Waals surface area (Å²) in [4.78, 5) is 4.42. The molecule has 86 valence electrons. The molecule has 0 N–H and O–H groups in total. The van der Waals surface area contributed by atoms with Crippen molar-refractivity contribution in [3.63, 3.8) is 0 Å². The van der Waals surface area contributed by atoms with Crippen LogP contribution in [0, 0.1) is 5.41 Å². The maximum absolute atomic E-state index is 13.4. The van der Waals surface area contributed by atoms with Gasteiger partial charge in [0.1, 0.15) is 5.83 Å². The lowest BCUT2D eigenvalue weighted by molar-refractivity contribution is 0.443. The van der Waals surface area contributed by atoms with Crippen molar-refractivity contribution in [2.24, 2.45) is 10.4 Å². The normalized spacial score (nSPS) is 24.2. The second kappa shape index (κ2) is 3.69. The summed E-state index contributed by atoms with van der Waals surface area (Å²) >= 11 is 0. The molecule has 0 amide bonds. The van der Waals surface area contributed by atoms with Crippen molar-refractivity contribution in [1.29, 1.82) is 0 Å². The number of rotatable bonds is 1. The Bertz CT molecular complexity index is 447. The predicted molar refractivity (Wildman–Crippen MR) is 66.3 cm³/mol. The first kappa shape index (κ1) is 11.3. The zero-order valence-electron chi connectivity index (χ0n) is 10.4. The van der Waals surface area contributed by atoms with Crippen molar-refractivity contribution >= 4 is 5.71 Å². The zero-order chi connectivity index (χ0) is 11.9. The van der Waals surface area contributed by atoms with Gasteiger partial charge in [-0.05, 0) is 54.6 Å². The molecule has 16 heavy (non-hydrogen) atoms. The minimum absolute atomic E-state index is 0.00725. The summed E-state index contributed by atoms with van der Waals surface area (Å²) in [6.45, 7) is 9.18. The quantitative estimate of drug-likeness (QED) is 0.632. The average molecular weight is 219 g/mol. The highest BCUT2D eigenvalue weighted by Gasteiger charge is 2.31. The van der Waals surface area contributed by atoms with Gasteiger partial charge in [-0.25, -0.2) is 4.39 Å². The highest BCUT2D eigenvalue weighted by molar-refractivity contribution is 6.05. The standard InChI is InChI=1S/C14H18FN/c1-9-8-16-10(2)13(9)12-7-11(15)5-6-14(12,3)4/h5,7H,6,8H2,1-4H3. The van der Waals surface area contributed by atoms with Crippen LogP contribution in [0.2, 0.25) is 0 Å². The van der Waals surface area contributed by atoms with Gasteiger partial charge >= 0.3 is 0 Å². The topological polar surface area (TPSA) is 12.4 Å². The predicted octanol–water partition coefficient (Wildman–Crippen LogP) is 3.99. The molecular weight excluding hydrogens is 201 g/mol. The summed E-state index contributed by atoms with van der Waals surface area (Å²) in [5.41, 5.74) is 4.59. The lowest BCUT2D eigenvalue weighted by Gasteiger charge is -2.31. The third-order valence-electron chi connectivity index (χ3n) is 3.43. The molecule has 1 aliphatic heterocycles. The summed E-state index contributed by atoms with van der Waals surface area (Å²) in [5.74, 6) is -0.116. The van der Waals surface area contributed by atoms with Gasteiger partial charge in [-0.15, -0.1) is 0 Å². The van der Waals surface area contributed by atoms with Crippen LogP contribution in [0.15, 0.2) is 39.7 Å². The minimum atomic E-state index is -0.116. The van der Waals surface area contributed by atoms with E-state index in [0.717, 1.165) is 24.3 Å². The maximum atomic E-state index is 13.4. The Morgan fingerprint density at radius 1 is 1.31 bits per heavy atom. The van der Waals surface area contributed by atoms with E-state index in [4.69, 9.17) is 0 Å². The van der Waals surface area contributed by atoms with Crippen LogP contribution in [0.25, 0.3) is 0 Å². The monoisotopic (exact) mass is 219 g/mol. The van der Waals surface area contributed by atoms with E-state index in [1.165, 1.54) is 11.1 Å². The minimum Gasteiger partial charge on any atom is -0.285 e. The molecule has 0 aromatic rings. The summed E-state index contributed by atoms with van der Waals surface area (Å²) in [6, 6.07) is 0. The number of nitrogens with zero attached hydrogens (tertiary/aromatic N) is 1. The van der Waals surface area contributed by atoms with Gasteiger partial charge in [0.05, 0.1) is 6.54 Å². The van der Waals surface area contributed by atoms with Crippen molar-refractivity contribution in [3.8, 4) is 0 Å². The molecule has 0 atom stereocenters. The van der Waals surface area contributed by atoms with E-state index in [1.807, 2.05) is 6.92 Å². The first-order valence-electron chi connectivity index (χ1n) is 5.71. The Morgan fingerprint density at radius 3 is 2.56 bits per heavy atom. The Kier molecular flexibility index (Phi) is 2.61. The fraction of sp³-hybridized carbons (Fsp3) is 0.500. The van der Waals surface area contributed by atoms with Crippen molar-refractivity contribution in [3.05, 3.63) is 34.7 Å². The van der Waals surface area contributed by atoms with Gasteiger partial charge in [-0.3, -0.25) is 4.99 Å². The van der Waals surface area contributed by atoms with Gasteiger partial charge in [-0.1, -0.05) is 13.8 Å². The van der Waals surface area contributed by atoms with E-state index in [2.05, 4.69) is 25.8 Å². The van der Waals surface area contributed by atoms with Gasteiger partial charge in [0.25, 0.3) is 0 Å². The number of hydrogen-bond acceptors (Lipinski definition) is 1. The fourth-order valence-corrected chi connectivity index (χ4v) is 2.39. The van der Waals surface area contributed by atoms with Gasteiger partial charge < -0.3 is 0 Å². The fourth-order valence-electron chi connectivity index (χ4n) is 2.39. The van der Waals surface area contributed by atoms with Gasteiger partial charge in [-0.2, -0.15) is 0 Å². The van der Waals surface area contributed by atoms with Gasteiger partial charge in [0.15, 0.2) is 0 Å². The van der Waals surface area contributed by atoms with E-state index in [-0.39, 0.29) is 11.2 Å². The van der Waals surface area contributed by atoms with E-state index >= 15 is 0 Å². The van der Waals surface area contributed by atoms with Crippen LogP contribution in [0.3, 0.4) is 0 Å². The molecule has 0 fully saturated rings. The molecule has 0 aromatic carbocycles. The molecule has 0 spiro atoms. The van der Waals surface area contributed by atoms with Crippen molar-refractivity contribution in [1.82, 2.24) is 0 Å². The molecule has 2 aliphatic rings. The van der Waals surface area contributed by atoms with E-state index in [0.29, 0.717) is 0 Å². The van der Waals surface area contributed by atoms with Crippen LogP contribution in [0.4, 0.5) is 4.39 Å². The molecule has 0 bridgehead atoms. The highest BCUT2D eigenvalue weighted by Crippen LogP contribution is 2.42. The first-order chi connectivity index (χ1) is 7.42. The molecule has 0 saturated heterocycles. The van der Waals surface area contributed by atoms with Gasteiger partial charge in [0.2, 0.25) is 0 Å². The van der Waals surface area contributed by atoms with Crippen molar-refractivity contribution in [2.75, 3.05) is 6.54 Å². The molecule has 1 aliphatic carbocycles. The molecule has 0 radical (unpaired) electrons. The summed E-state index contributed by atoms with van der Waals surface area (Å²) in [5, 5.41) is 0. The Morgan fingerprint density at radius 2 is 2.00 bits per heavy atom. The Hall–Kier alpha value is -1.18. The second-order valence-electron chi connectivity index (χ2n) is 5.29. The van der Waals surface area contributed by atoms with Crippen LogP contribution in [-0.2, 0) is 0 Å². The van der Waals surface area contributed by atoms with E-state index < -0.39 is 0 Å². The van der Waals surface area contributed by atoms with E-state index in [1.54, 1.807) is 12.2 Å². The van der Waals surface area contributed by atoms with Crippen LogP contribution < -0.4 is 0 Å². The summed E-state index contributed by atoms with van der Waals surface area (Å²) in [6.07, 6.45) is 4.10. The molecule has 2 rings (SSSR count). The van der Waals surface area contributed by atoms with Crippen LogP contribution in [0.1, 0.15) is 34.1 Å². The molecule has 1 heterocycles. The van der Waals surface area contributed by atoms with Crippen molar-refractivity contribution in [2.45, 2.75) is 34.1 Å². The molecule has 1 nitrogen and oxygen atoms in total. The molecule has 0 saturated carbocycles. The molecule has 2 heteroatoms. The summed E-state index contributed by atoms with van der Waals surface area (Å²) in [7, 11) is 0. The smallest absolute Gasteiger partial charge is 0.119 e. The van der Waals surface area contributed by atoms with Gasteiger partial charge in [0, 0.05) is 5.71 Å².